The Morgan fingerprint density at radius 3 is 2.39 bits per heavy atom. The quantitative estimate of drug-likeness (QED) is 0.834. The molecule has 1 aliphatic rings. The third-order valence-corrected chi connectivity index (χ3v) is 2.45. The molecule has 1 rings (SSSR count). The molecule has 4 nitrogen and oxygen atoms in total. The third-order valence-electron chi connectivity index (χ3n) is 2.45. The number of nitrogens with one attached hydrogen (secondary N) is 1. The summed E-state index contributed by atoms with van der Waals surface area (Å²) in [5.74, 6) is 0. The van der Waals surface area contributed by atoms with Gasteiger partial charge >= 0.3 is 12.3 Å². The molecule has 1 fully saturated rings. The van der Waals surface area contributed by atoms with Crippen molar-refractivity contribution in [3.63, 3.8) is 0 Å². The highest BCUT2D eigenvalue weighted by Crippen LogP contribution is 2.22. The molecule has 0 radical (unpaired) electrons. The summed E-state index contributed by atoms with van der Waals surface area (Å²) in [6.07, 6.45) is -4.82. The molecule has 1 amide bonds. The molecule has 1 saturated heterocycles. The van der Waals surface area contributed by atoms with Crippen LogP contribution in [0.3, 0.4) is 0 Å². The van der Waals surface area contributed by atoms with Crippen molar-refractivity contribution in [1.82, 2.24) is 10.2 Å². The van der Waals surface area contributed by atoms with E-state index in [0.29, 0.717) is 19.5 Å². The number of alkyl halides is 3. The summed E-state index contributed by atoms with van der Waals surface area (Å²) in [7, 11) is 0. The Bertz CT molecular complexity index is 294. The number of carbonyl (C=O) groups excluding carboxylic acids is 1. The molecule has 0 aromatic carbocycles. The molecule has 0 bridgehead atoms. The summed E-state index contributed by atoms with van der Waals surface area (Å²) in [6.45, 7) is 4.60. The minimum Gasteiger partial charge on any atom is -0.444 e. The average Bonchev–Trinajstić information content (AvgIpc) is 2.61. The molecule has 0 spiro atoms. The van der Waals surface area contributed by atoms with E-state index >= 15 is 0 Å². The van der Waals surface area contributed by atoms with Gasteiger partial charge < -0.3 is 10.1 Å². The van der Waals surface area contributed by atoms with Crippen LogP contribution in [0.15, 0.2) is 0 Å². The maximum atomic E-state index is 12.5. The SMILES string of the molecule is CC(C)(C)OC(=O)N(CC(F)(F)F)C1CCNC1. The zero-order valence-corrected chi connectivity index (χ0v) is 10.8. The lowest BCUT2D eigenvalue weighted by molar-refractivity contribution is -0.148. The van der Waals surface area contributed by atoms with E-state index in [2.05, 4.69) is 5.32 Å². The van der Waals surface area contributed by atoms with E-state index < -0.39 is 30.5 Å². The van der Waals surface area contributed by atoms with Crippen LogP contribution in [-0.2, 0) is 4.74 Å². The average molecular weight is 268 g/mol. The predicted octanol–water partition coefficient (Wildman–Crippen LogP) is 2.15. The van der Waals surface area contributed by atoms with E-state index in [9.17, 15) is 18.0 Å². The second-order valence-electron chi connectivity index (χ2n) is 5.37. The second-order valence-corrected chi connectivity index (χ2v) is 5.37. The van der Waals surface area contributed by atoms with Crippen LogP contribution in [0.4, 0.5) is 18.0 Å². The minimum atomic E-state index is -4.42. The number of rotatable bonds is 2. The van der Waals surface area contributed by atoms with Crippen molar-refractivity contribution in [3.8, 4) is 0 Å². The summed E-state index contributed by atoms with van der Waals surface area (Å²) in [5.41, 5.74) is -0.799. The lowest BCUT2D eigenvalue weighted by atomic mass is 10.2. The van der Waals surface area contributed by atoms with Crippen LogP contribution < -0.4 is 5.32 Å². The van der Waals surface area contributed by atoms with Gasteiger partial charge in [0.1, 0.15) is 12.1 Å². The molecule has 106 valence electrons. The van der Waals surface area contributed by atoms with Crippen molar-refractivity contribution in [1.29, 1.82) is 0 Å². The highest BCUT2D eigenvalue weighted by Gasteiger charge is 2.39. The van der Waals surface area contributed by atoms with Crippen LogP contribution in [-0.4, -0.2) is 48.4 Å². The Morgan fingerprint density at radius 1 is 1.39 bits per heavy atom. The first-order valence-electron chi connectivity index (χ1n) is 5.85. The van der Waals surface area contributed by atoms with Crippen LogP contribution in [0.1, 0.15) is 27.2 Å². The van der Waals surface area contributed by atoms with E-state index in [1.54, 1.807) is 20.8 Å². The molecule has 1 atom stereocenters. The largest absolute Gasteiger partial charge is 0.444 e. The third kappa shape index (κ3) is 5.12. The molecule has 1 N–H and O–H groups in total. The van der Waals surface area contributed by atoms with Crippen LogP contribution >= 0.6 is 0 Å². The molecule has 1 unspecified atom stereocenters. The zero-order valence-electron chi connectivity index (χ0n) is 10.8. The number of nitrogens with zero attached hydrogens (tertiary/aromatic N) is 1. The van der Waals surface area contributed by atoms with Crippen molar-refractivity contribution < 1.29 is 22.7 Å². The van der Waals surface area contributed by atoms with Crippen LogP contribution in [0.2, 0.25) is 0 Å². The first-order chi connectivity index (χ1) is 8.08. The van der Waals surface area contributed by atoms with Crippen molar-refractivity contribution in [2.24, 2.45) is 0 Å². The minimum absolute atomic E-state index is 0.370. The van der Waals surface area contributed by atoms with Crippen LogP contribution in [0, 0.1) is 0 Å². The van der Waals surface area contributed by atoms with Gasteiger partial charge in [-0.3, -0.25) is 4.90 Å². The van der Waals surface area contributed by atoms with E-state index in [4.69, 9.17) is 4.74 Å². The van der Waals surface area contributed by atoms with Gasteiger partial charge in [0.05, 0.1) is 0 Å². The van der Waals surface area contributed by atoms with Gasteiger partial charge in [0, 0.05) is 12.6 Å². The number of amides is 1. The summed E-state index contributed by atoms with van der Waals surface area (Å²) >= 11 is 0. The first kappa shape index (κ1) is 15.1. The van der Waals surface area contributed by atoms with E-state index in [1.165, 1.54) is 0 Å². The van der Waals surface area contributed by atoms with Gasteiger partial charge in [0.2, 0.25) is 0 Å². The second kappa shape index (κ2) is 5.34. The van der Waals surface area contributed by atoms with Crippen molar-refractivity contribution in [3.05, 3.63) is 0 Å². The van der Waals surface area contributed by atoms with Gasteiger partial charge in [-0.1, -0.05) is 0 Å². The number of hydrogen-bond acceptors (Lipinski definition) is 3. The van der Waals surface area contributed by atoms with Gasteiger partial charge in [-0.15, -0.1) is 0 Å². The number of carbonyl (C=O) groups is 1. The molecule has 0 aromatic rings. The van der Waals surface area contributed by atoms with Crippen LogP contribution in [0.5, 0.6) is 0 Å². The monoisotopic (exact) mass is 268 g/mol. The molecular weight excluding hydrogens is 249 g/mol. The standard InChI is InChI=1S/C11H19F3N2O2/c1-10(2,3)18-9(17)16(7-11(12,13)14)8-4-5-15-6-8/h8,15H,4-7H2,1-3H3. The Morgan fingerprint density at radius 2 is 2.00 bits per heavy atom. The van der Waals surface area contributed by atoms with E-state index in [0.717, 1.165) is 4.90 Å². The predicted molar refractivity (Wildman–Crippen MR) is 60.3 cm³/mol. The van der Waals surface area contributed by atoms with E-state index in [-0.39, 0.29) is 0 Å². The van der Waals surface area contributed by atoms with Gasteiger partial charge in [0.25, 0.3) is 0 Å². The lowest BCUT2D eigenvalue weighted by Gasteiger charge is -2.31. The highest BCUT2D eigenvalue weighted by molar-refractivity contribution is 5.68. The van der Waals surface area contributed by atoms with Gasteiger partial charge in [0.15, 0.2) is 0 Å². The molecule has 1 heterocycles. The fraction of sp³-hybridized carbons (Fsp3) is 0.909. The Hall–Kier alpha value is -0.980. The number of ether oxygens (including phenoxy) is 1. The topological polar surface area (TPSA) is 41.6 Å². The molecule has 0 saturated carbocycles. The lowest BCUT2D eigenvalue weighted by Crippen LogP contribution is -2.48. The molecule has 7 heteroatoms. The summed E-state index contributed by atoms with van der Waals surface area (Å²) in [6, 6.07) is -0.457. The zero-order chi connectivity index (χ0) is 14.0. The Balaban J connectivity index is 2.73. The smallest absolute Gasteiger partial charge is 0.410 e. The molecule has 18 heavy (non-hydrogen) atoms. The molecule has 0 aliphatic carbocycles. The van der Waals surface area contributed by atoms with Gasteiger partial charge in [-0.05, 0) is 33.7 Å². The van der Waals surface area contributed by atoms with Crippen LogP contribution in [0.25, 0.3) is 0 Å². The fourth-order valence-electron chi connectivity index (χ4n) is 1.76. The molecule has 0 aromatic heterocycles. The van der Waals surface area contributed by atoms with Gasteiger partial charge in [-0.2, -0.15) is 13.2 Å². The van der Waals surface area contributed by atoms with Crippen molar-refractivity contribution in [2.45, 2.75) is 45.0 Å². The first-order valence-corrected chi connectivity index (χ1v) is 5.85. The molecular formula is C11H19F3N2O2. The summed E-state index contributed by atoms with van der Waals surface area (Å²) < 4.78 is 42.5. The van der Waals surface area contributed by atoms with Crippen molar-refractivity contribution >= 4 is 6.09 Å². The fourth-order valence-corrected chi connectivity index (χ4v) is 1.76. The molecule has 1 aliphatic heterocycles. The maximum Gasteiger partial charge on any atom is 0.410 e. The maximum absolute atomic E-state index is 12.5. The Kier molecular flexibility index (Phi) is 4.47. The number of halogens is 3. The van der Waals surface area contributed by atoms with E-state index in [1.807, 2.05) is 0 Å². The highest BCUT2D eigenvalue weighted by atomic mass is 19.4. The summed E-state index contributed by atoms with van der Waals surface area (Å²) in [4.78, 5) is 12.6. The van der Waals surface area contributed by atoms with Crippen molar-refractivity contribution in [2.75, 3.05) is 19.6 Å². The van der Waals surface area contributed by atoms with Gasteiger partial charge in [-0.25, -0.2) is 4.79 Å². The Labute approximate surface area is 104 Å². The normalized spacial score (nSPS) is 20.9. The summed E-state index contributed by atoms with van der Waals surface area (Å²) in [5, 5.41) is 2.94. The number of hydrogen-bond donors (Lipinski definition) is 1.